The molecule has 2 nitrogen and oxygen atoms in total. The summed E-state index contributed by atoms with van der Waals surface area (Å²) < 4.78 is 17.2. The Hall–Kier alpha value is -0.150. The number of ether oxygens (including phenoxy) is 1. The van der Waals surface area contributed by atoms with Crippen LogP contribution in [0.3, 0.4) is 0 Å². The predicted octanol–water partition coefficient (Wildman–Crippen LogP) is 0.244. The Morgan fingerprint density at radius 3 is 2.88 bits per heavy atom. The van der Waals surface area contributed by atoms with Gasteiger partial charge in [0, 0.05) is 6.54 Å². The molecule has 0 aliphatic carbocycles. The van der Waals surface area contributed by atoms with E-state index >= 15 is 0 Å². The van der Waals surface area contributed by atoms with Crippen molar-refractivity contribution in [2.24, 2.45) is 0 Å². The van der Waals surface area contributed by atoms with Gasteiger partial charge in [0.1, 0.15) is 0 Å². The van der Waals surface area contributed by atoms with Gasteiger partial charge in [-0.25, -0.2) is 4.39 Å². The number of nitrogens with zero attached hydrogens (tertiary/aromatic N) is 1. The van der Waals surface area contributed by atoms with Gasteiger partial charge in [-0.2, -0.15) is 0 Å². The molecule has 0 unspecified atom stereocenters. The summed E-state index contributed by atoms with van der Waals surface area (Å²) in [6, 6.07) is 0. The van der Waals surface area contributed by atoms with Crippen LogP contribution in [-0.4, -0.2) is 38.0 Å². The monoisotopic (exact) mass is 119 g/mol. The molecule has 1 aliphatic rings. The number of halogens is 1. The van der Waals surface area contributed by atoms with E-state index in [1.54, 1.807) is 11.9 Å². The Bertz CT molecular complexity index is 68.8. The molecular formula is C5H10FNO. The number of likely N-dealkylation sites (N-methyl/N-ethyl adjacent to an activating group) is 1. The van der Waals surface area contributed by atoms with Gasteiger partial charge in [-0.1, -0.05) is 0 Å². The summed E-state index contributed by atoms with van der Waals surface area (Å²) in [6.07, 6.45) is -0.885. The second-order valence-electron chi connectivity index (χ2n) is 1.99. The van der Waals surface area contributed by atoms with E-state index in [9.17, 15) is 4.39 Å². The maximum Gasteiger partial charge on any atom is 0.177 e. The molecule has 0 radical (unpaired) electrons. The summed E-state index contributed by atoms with van der Waals surface area (Å²) in [4.78, 5) is 1.64. The molecule has 0 aromatic heterocycles. The Morgan fingerprint density at radius 2 is 2.50 bits per heavy atom. The van der Waals surface area contributed by atoms with Crippen molar-refractivity contribution in [1.29, 1.82) is 0 Å². The summed E-state index contributed by atoms with van der Waals surface area (Å²) in [5, 5.41) is 0. The van der Waals surface area contributed by atoms with Gasteiger partial charge in [0.05, 0.1) is 13.2 Å². The van der Waals surface area contributed by atoms with Gasteiger partial charge in [0.25, 0.3) is 0 Å². The van der Waals surface area contributed by atoms with Crippen LogP contribution in [0.2, 0.25) is 0 Å². The zero-order valence-electron chi connectivity index (χ0n) is 4.93. The van der Waals surface area contributed by atoms with Crippen molar-refractivity contribution in [2.75, 3.05) is 26.8 Å². The third-order valence-electron chi connectivity index (χ3n) is 1.32. The number of hydrogen-bond acceptors (Lipinski definition) is 2. The highest BCUT2D eigenvalue weighted by molar-refractivity contribution is 4.60. The summed E-state index contributed by atoms with van der Waals surface area (Å²) >= 11 is 0. The zero-order valence-corrected chi connectivity index (χ0v) is 4.93. The molecular weight excluding hydrogens is 109 g/mol. The lowest BCUT2D eigenvalue weighted by atomic mass is 10.4. The van der Waals surface area contributed by atoms with Crippen molar-refractivity contribution in [3.05, 3.63) is 0 Å². The third kappa shape index (κ3) is 1.17. The normalized spacial score (nSPS) is 33.0. The first kappa shape index (κ1) is 5.98. The van der Waals surface area contributed by atoms with Crippen LogP contribution in [0.4, 0.5) is 4.39 Å². The molecule has 1 aliphatic heterocycles. The molecule has 3 heteroatoms. The number of alkyl halides is 1. The van der Waals surface area contributed by atoms with Crippen molar-refractivity contribution in [3.8, 4) is 0 Å². The lowest BCUT2D eigenvalue weighted by Crippen LogP contribution is -2.39. The van der Waals surface area contributed by atoms with Crippen molar-refractivity contribution in [3.63, 3.8) is 0 Å². The lowest BCUT2D eigenvalue weighted by molar-refractivity contribution is -0.0498. The topological polar surface area (TPSA) is 12.5 Å². The van der Waals surface area contributed by atoms with Gasteiger partial charge in [-0.15, -0.1) is 0 Å². The van der Waals surface area contributed by atoms with Crippen LogP contribution in [0.25, 0.3) is 0 Å². The van der Waals surface area contributed by atoms with E-state index in [0.717, 1.165) is 0 Å². The molecule has 0 spiro atoms. The average Bonchev–Trinajstić information content (AvgIpc) is 1.77. The zero-order chi connectivity index (χ0) is 5.98. The molecule has 1 heterocycles. The van der Waals surface area contributed by atoms with Gasteiger partial charge in [0.15, 0.2) is 6.30 Å². The second kappa shape index (κ2) is 2.42. The Kier molecular flexibility index (Phi) is 1.81. The third-order valence-corrected chi connectivity index (χ3v) is 1.32. The molecule has 0 bridgehead atoms. The molecule has 1 rings (SSSR count). The summed E-state index contributed by atoms with van der Waals surface area (Å²) in [5.74, 6) is 0. The van der Waals surface area contributed by atoms with Crippen LogP contribution in [0, 0.1) is 0 Å². The van der Waals surface area contributed by atoms with Crippen molar-refractivity contribution < 1.29 is 9.13 Å². The van der Waals surface area contributed by atoms with Gasteiger partial charge < -0.3 is 4.74 Å². The smallest absolute Gasteiger partial charge is 0.177 e. The maximum absolute atomic E-state index is 12.4. The van der Waals surface area contributed by atoms with E-state index in [4.69, 9.17) is 4.74 Å². The first-order valence-corrected chi connectivity index (χ1v) is 2.73. The van der Waals surface area contributed by atoms with Crippen LogP contribution in [0.1, 0.15) is 0 Å². The second-order valence-corrected chi connectivity index (χ2v) is 1.99. The van der Waals surface area contributed by atoms with Gasteiger partial charge in [-0.05, 0) is 7.05 Å². The fourth-order valence-electron chi connectivity index (χ4n) is 0.656. The van der Waals surface area contributed by atoms with Crippen molar-refractivity contribution in [2.45, 2.75) is 6.30 Å². The summed E-state index contributed by atoms with van der Waals surface area (Å²) in [6.45, 7) is 1.61. The first-order valence-electron chi connectivity index (χ1n) is 2.73. The lowest BCUT2D eigenvalue weighted by Gasteiger charge is -2.25. The fourth-order valence-corrected chi connectivity index (χ4v) is 0.656. The highest BCUT2D eigenvalue weighted by atomic mass is 19.1. The van der Waals surface area contributed by atoms with E-state index < -0.39 is 6.30 Å². The van der Waals surface area contributed by atoms with Crippen LogP contribution in [0.15, 0.2) is 0 Å². The summed E-state index contributed by atoms with van der Waals surface area (Å²) in [7, 11) is 1.76. The summed E-state index contributed by atoms with van der Waals surface area (Å²) in [5.41, 5.74) is 0. The highest BCUT2D eigenvalue weighted by Gasteiger charge is 2.16. The molecule has 1 saturated heterocycles. The van der Waals surface area contributed by atoms with Gasteiger partial charge >= 0.3 is 0 Å². The van der Waals surface area contributed by atoms with Crippen LogP contribution in [0.5, 0.6) is 0 Å². The standard InChI is InChI=1S/C5H10FNO/c1-7-2-3-8-4-5(7)6/h5H,2-4H2,1H3/t5-/m0/s1. The van der Waals surface area contributed by atoms with E-state index in [0.29, 0.717) is 13.2 Å². The van der Waals surface area contributed by atoms with Crippen LogP contribution >= 0.6 is 0 Å². The Balaban J connectivity index is 2.28. The Morgan fingerprint density at radius 1 is 1.75 bits per heavy atom. The SMILES string of the molecule is CN1CCOC[C@H]1F. The molecule has 0 N–H and O–H groups in total. The van der Waals surface area contributed by atoms with E-state index in [-0.39, 0.29) is 6.61 Å². The van der Waals surface area contributed by atoms with E-state index in [1.807, 2.05) is 0 Å². The molecule has 0 aromatic carbocycles. The molecule has 0 aromatic rings. The largest absolute Gasteiger partial charge is 0.376 e. The quantitative estimate of drug-likeness (QED) is 0.424. The minimum Gasteiger partial charge on any atom is -0.376 e. The van der Waals surface area contributed by atoms with E-state index in [1.165, 1.54) is 0 Å². The van der Waals surface area contributed by atoms with Gasteiger partial charge in [0.2, 0.25) is 0 Å². The molecule has 48 valence electrons. The van der Waals surface area contributed by atoms with E-state index in [2.05, 4.69) is 0 Å². The number of rotatable bonds is 0. The minimum atomic E-state index is -0.885. The molecule has 8 heavy (non-hydrogen) atoms. The van der Waals surface area contributed by atoms with Crippen molar-refractivity contribution in [1.82, 2.24) is 4.90 Å². The highest BCUT2D eigenvalue weighted by Crippen LogP contribution is 2.03. The number of morpholine rings is 1. The van der Waals surface area contributed by atoms with Crippen LogP contribution in [-0.2, 0) is 4.74 Å². The number of hydrogen-bond donors (Lipinski definition) is 0. The van der Waals surface area contributed by atoms with Crippen LogP contribution < -0.4 is 0 Å². The molecule has 1 atom stereocenters. The molecule has 0 amide bonds. The Labute approximate surface area is 48.2 Å². The van der Waals surface area contributed by atoms with Crippen molar-refractivity contribution >= 4 is 0 Å². The first-order chi connectivity index (χ1) is 3.80. The van der Waals surface area contributed by atoms with Gasteiger partial charge in [-0.3, -0.25) is 4.90 Å². The fraction of sp³-hybridized carbons (Fsp3) is 1.00. The predicted molar refractivity (Wildman–Crippen MR) is 28.3 cm³/mol. The minimum absolute atomic E-state index is 0.233. The average molecular weight is 119 g/mol. The molecule has 0 saturated carbocycles. The maximum atomic E-state index is 12.4. The molecule has 1 fully saturated rings.